The number of sulfonamides is 1. The summed E-state index contributed by atoms with van der Waals surface area (Å²) < 4.78 is 28.4. The third kappa shape index (κ3) is 4.36. The summed E-state index contributed by atoms with van der Waals surface area (Å²) in [6.45, 7) is 4.92. The van der Waals surface area contributed by atoms with Crippen LogP contribution in [0, 0.1) is 0 Å². The van der Waals surface area contributed by atoms with E-state index >= 15 is 0 Å². The molecule has 0 fully saturated rings. The molecule has 0 aliphatic heterocycles. The molecule has 0 aromatic heterocycles. The van der Waals surface area contributed by atoms with Crippen LogP contribution in [-0.4, -0.2) is 32.3 Å². The quantitative estimate of drug-likeness (QED) is 0.788. The molecule has 24 heavy (non-hydrogen) atoms. The highest BCUT2D eigenvalue weighted by Gasteiger charge is 2.18. The van der Waals surface area contributed by atoms with Crippen molar-refractivity contribution in [3.8, 4) is 0 Å². The third-order valence-corrected chi connectivity index (χ3v) is 5.45. The fourth-order valence-electron chi connectivity index (χ4n) is 2.22. The van der Waals surface area contributed by atoms with Crippen molar-refractivity contribution < 1.29 is 13.2 Å². The Balaban J connectivity index is 2.29. The van der Waals surface area contributed by atoms with Crippen molar-refractivity contribution in [2.24, 2.45) is 0 Å². The molecule has 0 spiro atoms. The van der Waals surface area contributed by atoms with Crippen LogP contribution in [0.5, 0.6) is 0 Å². The Labute approximate surface area is 150 Å². The van der Waals surface area contributed by atoms with Crippen molar-refractivity contribution >= 4 is 37.5 Å². The molecule has 2 aromatic rings. The van der Waals surface area contributed by atoms with Crippen molar-refractivity contribution in [2.45, 2.75) is 18.7 Å². The predicted octanol–water partition coefficient (Wildman–Crippen LogP) is 3.73. The van der Waals surface area contributed by atoms with Crippen molar-refractivity contribution in [1.82, 2.24) is 4.90 Å². The molecule has 128 valence electrons. The first-order valence-electron chi connectivity index (χ1n) is 7.55. The van der Waals surface area contributed by atoms with E-state index in [1.165, 1.54) is 12.1 Å². The normalized spacial score (nSPS) is 11.1. The number of halogens is 1. The predicted molar refractivity (Wildman–Crippen MR) is 98.6 cm³/mol. The molecule has 7 heteroatoms. The number of amides is 1. The number of rotatable bonds is 6. The maximum Gasteiger partial charge on any atom is 0.261 e. The van der Waals surface area contributed by atoms with Gasteiger partial charge in [-0.25, -0.2) is 8.42 Å². The number of carbonyl (C=O) groups excluding carboxylic acids is 1. The van der Waals surface area contributed by atoms with E-state index in [0.717, 1.165) is 4.47 Å². The molecule has 5 nitrogen and oxygen atoms in total. The second-order valence-electron chi connectivity index (χ2n) is 5.12. The first-order chi connectivity index (χ1) is 11.4. The lowest BCUT2D eigenvalue weighted by Gasteiger charge is -2.19. The third-order valence-electron chi connectivity index (χ3n) is 3.54. The molecule has 0 unspecified atom stereocenters. The lowest BCUT2D eigenvalue weighted by atomic mass is 10.2. The molecule has 1 amide bonds. The second kappa shape index (κ2) is 7.81. The SMILES string of the molecule is CCN(CC)C(=O)c1cccc(S(=O)(=O)Nc2ccc(Br)cc2)c1. The van der Waals surface area contributed by atoms with Crippen LogP contribution >= 0.6 is 15.9 Å². The molecule has 0 heterocycles. The van der Waals surface area contributed by atoms with E-state index in [0.29, 0.717) is 24.3 Å². The van der Waals surface area contributed by atoms with Crippen LogP contribution in [0.15, 0.2) is 57.9 Å². The summed E-state index contributed by atoms with van der Waals surface area (Å²) in [5.41, 5.74) is 0.816. The molecule has 0 saturated heterocycles. The summed E-state index contributed by atoms with van der Waals surface area (Å²) in [4.78, 5) is 14.1. The molecule has 1 N–H and O–H groups in total. The van der Waals surface area contributed by atoms with E-state index in [1.807, 2.05) is 13.8 Å². The van der Waals surface area contributed by atoms with Gasteiger partial charge in [-0.15, -0.1) is 0 Å². The standard InChI is InChI=1S/C17H19BrN2O3S/c1-3-20(4-2)17(21)13-6-5-7-16(12-13)24(22,23)19-15-10-8-14(18)9-11-15/h5-12,19H,3-4H2,1-2H3. The largest absolute Gasteiger partial charge is 0.339 e. The maximum atomic E-state index is 12.5. The highest BCUT2D eigenvalue weighted by atomic mass is 79.9. The van der Waals surface area contributed by atoms with Gasteiger partial charge in [0, 0.05) is 28.8 Å². The first-order valence-corrected chi connectivity index (χ1v) is 9.82. The Kier molecular flexibility index (Phi) is 6.01. The van der Waals surface area contributed by atoms with E-state index in [-0.39, 0.29) is 10.8 Å². The summed E-state index contributed by atoms with van der Waals surface area (Å²) >= 11 is 3.30. The average molecular weight is 411 g/mol. The van der Waals surface area contributed by atoms with Crippen molar-refractivity contribution in [2.75, 3.05) is 17.8 Å². The van der Waals surface area contributed by atoms with Crippen molar-refractivity contribution in [3.05, 3.63) is 58.6 Å². The van der Waals surface area contributed by atoms with E-state index in [1.54, 1.807) is 41.3 Å². The van der Waals surface area contributed by atoms with Gasteiger partial charge in [-0.2, -0.15) is 0 Å². The summed E-state index contributed by atoms with van der Waals surface area (Å²) in [7, 11) is -3.76. The molecule has 2 aromatic carbocycles. The van der Waals surface area contributed by atoms with Crippen molar-refractivity contribution in [1.29, 1.82) is 0 Å². The Bertz CT molecular complexity index is 816. The fourth-order valence-corrected chi connectivity index (χ4v) is 3.59. The van der Waals surface area contributed by atoms with Gasteiger partial charge in [-0.1, -0.05) is 22.0 Å². The molecule has 2 rings (SSSR count). The zero-order valence-electron chi connectivity index (χ0n) is 13.5. The summed E-state index contributed by atoms with van der Waals surface area (Å²) in [5, 5.41) is 0. The van der Waals surface area contributed by atoms with Gasteiger partial charge in [-0.3, -0.25) is 9.52 Å². The zero-order valence-corrected chi connectivity index (χ0v) is 15.9. The fraction of sp³-hybridized carbons (Fsp3) is 0.235. The maximum absolute atomic E-state index is 12.5. The van der Waals surface area contributed by atoms with Gasteiger partial charge in [0.2, 0.25) is 0 Å². The monoisotopic (exact) mass is 410 g/mol. The van der Waals surface area contributed by atoms with Crippen LogP contribution in [0.25, 0.3) is 0 Å². The van der Waals surface area contributed by atoms with Crippen molar-refractivity contribution in [3.63, 3.8) is 0 Å². The number of benzene rings is 2. The minimum Gasteiger partial charge on any atom is -0.339 e. The number of hydrogen-bond donors (Lipinski definition) is 1. The molecule has 0 bridgehead atoms. The van der Waals surface area contributed by atoms with Crippen LogP contribution in [-0.2, 0) is 10.0 Å². The highest BCUT2D eigenvalue weighted by Crippen LogP contribution is 2.20. The van der Waals surface area contributed by atoms with Gasteiger partial charge in [0.05, 0.1) is 4.90 Å². The molecule has 0 atom stereocenters. The minimum atomic E-state index is -3.76. The Morgan fingerprint density at radius 3 is 2.29 bits per heavy atom. The number of hydrogen-bond acceptors (Lipinski definition) is 3. The number of nitrogens with zero attached hydrogens (tertiary/aromatic N) is 1. The minimum absolute atomic E-state index is 0.0587. The number of carbonyl (C=O) groups is 1. The van der Waals surface area contributed by atoms with Crippen LogP contribution < -0.4 is 4.72 Å². The van der Waals surface area contributed by atoms with Crippen LogP contribution in [0.3, 0.4) is 0 Å². The first kappa shape index (κ1) is 18.5. The highest BCUT2D eigenvalue weighted by molar-refractivity contribution is 9.10. The molecule has 0 aliphatic rings. The van der Waals surface area contributed by atoms with Gasteiger partial charge < -0.3 is 4.90 Å². The van der Waals surface area contributed by atoms with Gasteiger partial charge in [0.15, 0.2) is 0 Å². The molecular weight excluding hydrogens is 392 g/mol. The summed E-state index contributed by atoms with van der Waals surface area (Å²) in [5.74, 6) is -0.180. The van der Waals surface area contributed by atoms with E-state index in [2.05, 4.69) is 20.7 Å². The van der Waals surface area contributed by atoms with Crippen LogP contribution in [0.4, 0.5) is 5.69 Å². The topological polar surface area (TPSA) is 66.5 Å². The lowest BCUT2D eigenvalue weighted by molar-refractivity contribution is 0.0772. The molecule has 0 saturated carbocycles. The van der Waals surface area contributed by atoms with E-state index < -0.39 is 10.0 Å². The van der Waals surface area contributed by atoms with E-state index in [9.17, 15) is 13.2 Å². The Morgan fingerprint density at radius 1 is 1.08 bits per heavy atom. The van der Waals surface area contributed by atoms with Gasteiger partial charge in [0.25, 0.3) is 15.9 Å². The number of anilines is 1. The van der Waals surface area contributed by atoms with Gasteiger partial charge >= 0.3 is 0 Å². The van der Waals surface area contributed by atoms with Gasteiger partial charge in [-0.05, 0) is 56.3 Å². The van der Waals surface area contributed by atoms with Crippen LogP contribution in [0.1, 0.15) is 24.2 Å². The van der Waals surface area contributed by atoms with Crippen LogP contribution in [0.2, 0.25) is 0 Å². The second-order valence-corrected chi connectivity index (χ2v) is 7.72. The zero-order chi connectivity index (χ0) is 17.7. The molecule has 0 aliphatic carbocycles. The van der Waals surface area contributed by atoms with Gasteiger partial charge in [0.1, 0.15) is 0 Å². The summed E-state index contributed by atoms with van der Waals surface area (Å²) in [6, 6.07) is 12.9. The smallest absolute Gasteiger partial charge is 0.261 e. The summed E-state index contributed by atoms with van der Waals surface area (Å²) in [6.07, 6.45) is 0. The lowest BCUT2D eigenvalue weighted by Crippen LogP contribution is -2.30. The molecule has 0 radical (unpaired) electrons. The Hall–Kier alpha value is -1.86. The number of nitrogens with one attached hydrogen (secondary N) is 1. The Morgan fingerprint density at radius 2 is 1.71 bits per heavy atom. The average Bonchev–Trinajstić information content (AvgIpc) is 2.58. The van der Waals surface area contributed by atoms with E-state index in [4.69, 9.17) is 0 Å². The molecular formula is C17H19BrN2O3S.